The first-order valence-electron chi connectivity index (χ1n) is 6.90. The van der Waals surface area contributed by atoms with E-state index in [-0.39, 0.29) is 5.12 Å². The van der Waals surface area contributed by atoms with Gasteiger partial charge in [-0.1, -0.05) is 30.0 Å². The molecule has 1 aromatic carbocycles. The van der Waals surface area contributed by atoms with Gasteiger partial charge in [0.1, 0.15) is 6.10 Å². The van der Waals surface area contributed by atoms with Crippen molar-refractivity contribution >= 4 is 16.9 Å². The highest BCUT2D eigenvalue weighted by Gasteiger charge is 2.22. The molecule has 5 nitrogen and oxygen atoms in total. The summed E-state index contributed by atoms with van der Waals surface area (Å²) in [6, 6.07) is 7.20. The van der Waals surface area contributed by atoms with Gasteiger partial charge in [-0.3, -0.25) is 4.79 Å². The third-order valence-corrected chi connectivity index (χ3v) is 4.08. The summed E-state index contributed by atoms with van der Waals surface area (Å²) in [7, 11) is 0. The van der Waals surface area contributed by atoms with Gasteiger partial charge in [0.2, 0.25) is 0 Å². The van der Waals surface area contributed by atoms with Gasteiger partial charge in [-0.25, -0.2) is 0 Å². The van der Waals surface area contributed by atoms with Gasteiger partial charge >= 0.3 is 0 Å². The highest BCUT2D eigenvalue weighted by Crippen LogP contribution is 2.27. The molecule has 0 radical (unpaired) electrons. The van der Waals surface area contributed by atoms with Crippen molar-refractivity contribution < 1.29 is 24.5 Å². The van der Waals surface area contributed by atoms with Crippen molar-refractivity contribution in [2.75, 3.05) is 19.0 Å². The van der Waals surface area contributed by atoms with Gasteiger partial charge in [0.25, 0.3) is 0 Å². The Morgan fingerprint density at radius 3 is 2.76 bits per heavy atom. The maximum Gasteiger partial charge on any atom is 0.185 e. The number of benzene rings is 1. The number of aliphatic hydroxyl groups excluding tert-OH is 2. The van der Waals surface area contributed by atoms with Crippen LogP contribution in [0.5, 0.6) is 0 Å². The second-order valence-electron chi connectivity index (χ2n) is 4.88. The number of carbonyl (C=O) groups is 1. The average Bonchev–Trinajstić information content (AvgIpc) is 3.00. The van der Waals surface area contributed by atoms with Gasteiger partial charge in [-0.05, 0) is 18.1 Å². The summed E-state index contributed by atoms with van der Waals surface area (Å²) in [6.45, 7) is 2.60. The molecule has 0 aromatic heterocycles. The van der Waals surface area contributed by atoms with E-state index >= 15 is 0 Å². The molecule has 0 amide bonds. The lowest BCUT2D eigenvalue weighted by Gasteiger charge is -2.19. The second kappa shape index (κ2) is 7.91. The highest BCUT2D eigenvalue weighted by molar-refractivity contribution is 8.13. The predicted molar refractivity (Wildman–Crippen MR) is 79.8 cm³/mol. The molecule has 1 heterocycles. The number of thioether (sulfide) groups is 1. The topological polar surface area (TPSA) is 76.0 Å². The molecule has 2 rings (SSSR count). The number of ether oxygens (including phenoxy) is 2. The lowest BCUT2D eigenvalue weighted by molar-refractivity contribution is -0.109. The van der Waals surface area contributed by atoms with Crippen LogP contribution in [0.2, 0.25) is 0 Å². The fourth-order valence-corrected chi connectivity index (χ4v) is 2.79. The third-order valence-electron chi connectivity index (χ3n) is 3.23. The van der Waals surface area contributed by atoms with Crippen molar-refractivity contribution in [2.45, 2.75) is 31.8 Å². The molecule has 2 atom stereocenters. The van der Waals surface area contributed by atoms with E-state index in [9.17, 15) is 15.0 Å². The van der Waals surface area contributed by atoms with Crippen LogP contribution in [0, 0.1) is 0 Å². The van der Waals surface area contributed by atoms with Crippen molar-refractivity contribution in [2.24, 2.45) is 0 Å². The maximum absolute atomic E-state index is 10.8. The van der Waals surface area contributed by atoms with Crippen molar-refractivity contribution in [3.05, 3.63) is 35.4 Å². The molecule has 6 heteroatoms. The zero-order valence-corrected chi connectivity index (χ0v) is 12.7. The Balaban J connectivity index is 1.96. The van der Waals surface area contributed by atoms with Crippen LogP contribution in [0.3, 0.4) is 0 Å². The zero-order chi connectivity index (χ0) is 15.2. The molecule has 116 valence electrons. The lowest BCUT2D eigenvalue weighted by Crippen LogP contribution is -2.19. The Bertz CT molecular complexity index is 473. The summed E-state index contributed by atoms with van der Waals surface area (Å²) in [6.07, 6.45) is -1.94. The van der Waals surface area contributed by atoms with Gasteiger partial charge in [-0.15, -0.1) is 0 Å². The summed E-state index contributed by atoms with van der Waals surface area (Å²) in [5, 5.41) is 20.2. The largest absolute Gasteiger partial charge is 0.390 e. The monoisotopic (exact) mass is 312 g/mol. The van der Waals surface area contributed by atoms with Gasteiger partial charge in [0.15, 0.2) is 11.4 Å². The van der Waals surface area contributed by atoms with Crippen LogP contribution in [-0.2, 0) is 14.3 Å². The van der Waals surface area contributed by atoms with Crippen molar-refractivity contribution in [1.82, 2.24) is 0 Å². The van der Waals surface area contributed by atoms with Gasteiger partial charge < -0.3 is 19.7 Å². The number of hydrogen-bond acceptors (Lipinski definition) is 6. The first kappa shape index (κ1) is 16.5. The predicted octanol–water partition coefficient (Wildman–Crippen LogP) is 1.80. The van der Waals surface area contributed by atoms with E-state index in [4.69, 9.17) is 9.47 Å². The third kappa shape index (κ3) is 4.79. The normalized spacial score (nSPS) is 18.6. The molecule has 1 saturated heterocycles. The Labute approximate surface area is 128 Å². The minimum atomic E-state index is -0.987. The molecule has 1 aliphatic rings. The molecule has 2 N–H and O–H groups in total. The van der Waals surface area contributed by atoms with Crippen LogP contribution in [0.15, 0.2) is 24.3 Å². The van der Waals surface area contributed by atoms with Gasteiger partial charge in [0, 0.05) is 18.2 Å². The molecule has 1 fully saturated rings. The van der Waals surface area contributed by atoms with E-state index < -0.39 is 18.5 Å². The van der Waals surface area contributed by atoms with Crippen LogP contribution < -0.4 is 0 Å². The van der Waals surface area contributed by atoms with E-state index in [1.807, 2.05) is 6.07 Å². The molecule has 2 unspecified atom stereocenters. The average molecular weight is 312 g/mol. The number of aliphatic hydroxyl groups is 2. The minimum absolute atomic E-state index is 0.00854. The van der Waals surface area contributed by atoms with E-state index in [1.54, 1.807) is 18.2 Å². The number of hydrogen-bond donors (Lipinski definition) is 2. The molecular formula is C15H20O5S. The summed E-state index contributed by atoms with van der Waals surface area (Å²) < 4.78 is 10.8. The number of rotatable bonds is 6. The Morgan fingerprint density at radius 2 is 2.10 bits per heavy atom. The van der Waals surface area contributed by atoms with Crippen LogP contribution in [0.25, 0.3) is 0 Å². The smallest absolute Gasteiger partial charge is 0.185 e. The molecular weight excluding hydrogens is 292 g/mol. The maximum atomic E-state index is 10.8. The Hall–Kier alpha value is -0.920. The van der Waals surface area contributed by atoms with Crippen LogP contribution in [-0.4, -0.2) is 40.4 Å². The van der Waals surface area contributed by atoms with Gasteiger partial charge in [0.05, 0.1) is 19.3 Å². The summed E-state index contributed by atoms with van der Waals surface area (Å²) in [4.78, 5) is 10.8. The van der Waals surface area contributed by atoms with E-state index in [0.29, 0.717) is 31.0 Å². The molecule has 0 saturated carbocycles. The summed E-state index contributed by atoms with van der Waals surface area (Å²) >= 11 is 1.15. The first-order valence-corrected chi connectivity index (χ1v) is 7.89. The number of carbonyl (C=O) groups excluding carboxylic acids is 1. The van der Waals surface area contributed by atoms with E-state index in [1.165, 1.54) is 6.92 Å². The van der Waals surface area contributed by atoms with E-state index in [2.05, 4.69) is 0 Å². The first-order chi connectivity index (χ1) is 10.1. The second-order valence-corrected chi connectivity index (χ2v) is 6.16. The van der Waals surface area contributed by atoms with Crippen LogP contribution >= 0.6 is 11.8 Å². The summed E-state index contributed by atoms with van der Waals surface area (Å²) in [5.74, 6) is 0.488. The Kier molecular flexibility index (Phi) is 6.20. The fraction of sp³-hybridized carbons (Fsp3) is 0.533. The van der Waals surface area contributed by atoms with Crippen LogP contribution in [0.1, 0.15) is 36.9 Å². The van der Waals surface area contributed by atoms with Gasteiger partial charge in [-0.2, -0.15) is 0 Å². The standard InChI is InChI=1S/C15H20O5S/c1-10(16)21-8-5-13(17)14(18)11-3-2-4-12(9-11)15-19-6-7-20-15/h2-4,9,13-15,17-18H,5-8H2,1H3. The molecule has 0 aliphatic carbocycles. The molecule has 0 bridgehead atoms. The van der Waals surface area contributed by atoms with Crippen molar-refractivity contribution in [3.63, 3.8) is 0 Å². The van der Waals surface area contributed by atoms with Crippen molar-refractivity contribution in [1.29, 1.82) is 0 Å². The Morgan fingerprint density at radius 1 is 1.38 bits per heavy atom. The molecule has 1 aliphatic heterocycles. The minimum Gasteiger partial charge on any atom is -0.390 e. The van der Waals surface area contributed by atoms with Crippen LogP contribution in [0.4, 0.5) is 0 Å². The SMILES string of the molecule is CC(=O)SCCC(O)C(O)c1cccc(C2OCCO2)c1. The van der Waals surface area contributed by atoms with E-state index in [0.717, 1.165) is 17.3 Å². The molecule has 21 heavy (non-hydrogen) atoms. The quantitative estimate of drug-likeness (QED) is 0.834. The fourth-order valence-electron chi connectivity index (χ4n) is 2.14. The molecule has 1 aromatic rings. The highest BCUT2D eigenvalue weighted by atomic mass is 32.2. The zero-order valence-electron chi connectivity index (χ0n) is 11.9. The molecule has 0 spiro atoms. The lowest BCUT2D eigenvalue weighted by atomic mass is 10.0. The summed E-state index contributed by atoms with van der Waals surface area (Å²) in [5.41, 5.74) is 1.45. The van der Waals surface area contributed by atoms with Crippen molar-refractivity contribution in [3.8, 4) is 0 Å².